The summed E-state index contributed by atoms with van der Waals surface area (Å²) < 4.78 is 33.3. The van der Waals surface area contributed by atoms with Crippen molar-refractivity contribution in [2.24, 2.45) is 0 Å². The van der Waals surface area contributed by atoms with Gasteiger partial charge in [-0.05, 0) is 50.2 Å². The number of sulfonamides is 1. The van der Waals surface area contributed by atoms with Crippen LogP contribution < -0.4 is 9.62 Å². The van der Waals surface area contributed by atoms with Gasteiger partial charge in [-0.2, -0.15) is 5.26 Å². The van der Waals surface area contributed by atoms with Gasteiger partial charge in [0.1, 0.15) is 11.0 Å². The number of ether oxygens (including phenoxy) is 1. The highest BCUT2D eigenvalue weighted by molar-refractivity contribution is 7.92. The minimum absolute atomic E-state index is 0.0257. The summed E-state index contributed by atoms with van der Waals surface area (Å²) in [4.78, 5) is 2.22. The second-order valence-corrected chi connectivity index (χ2v) is 8.06. The molecule has 2 unspecified atom stereocenters. The van der Waals surface area contributed by atoms with Gasteiger partial charge in [0.25, 0.3) is 10.0 Å². The molecule has 0 spiro atoms. The zero-order chi connectivity index (χ0) is 18.7. The van der Waals surface area contributed by atoms with E-state index in [2.05, 4.69) is 16.5 Å². The molecular weight excluding hydrogens is 350 g/mol. The SMILES string of the molecule is CC1CN(c2ccc(NS(=O)(=O)c3ccccc3C#N)cc2)C(C)CO1. The third-order valence-electron chi connectivity index (χ3n) is 4.36. The van der Waals surface area contributed by atoms with Gasteiger partial charge in [-0.3, -0.25) is 4.72 Å². The van der Waals surface area contributed by atoms with Gasteiger partial charge in [-0.15, -0.1) is 0 Å². The van der Waals surface area contributed by atoms with Gasteiger partial charge < -0.3 is 9.64 Å². The first-order valence-corrected chi connectivity index (χ1v) is 9.89. The van der Waals surface area contributed by atoms with Crippen LogP contribution in [0.3, 0.4) is 0 Å². The van der Waals surface area contributed by atoms with Crippen LogP contribution in [0.1, 0.15) is 19.4 Å². The summed E-state index contributed by atoms with van der Waals surface area (Å²) in [5.41, 5.74) is 1.59. The van der Waals surface area contributed by atoms with Crippen LogP contribution in [-0.4, -0.2) is 33.7 Å². The number of benzene rings is 2. The van der Waals surface area contributed by atoms with E-state index in [1.807, 2.05) is 25.1 Å². The maximum absolute atomic E-state index is 12.6. The van der Waals surface area contributed by atoms with E-state index in [1.54, 1.807) is 24.3 Å². The van der Waals surface area contributed by atoms with Crippen molar-refractivity contribution in [3.63, 3.8) is 0 Å². The Hall–Kier alpha value is -2.56. The van der Waals surface area contributed by atoms with Crippen molar-refractivity contribution in [1.82, 2.24) is 0 Å². The lowest BCUT2D eigenvalue weighted by molar-refractivity contribution is 0.0344. The van der Waals surface area contributed by atoms with E-state index in [-0.39, 0.29) is 22.6 Å². The highest BCUT2D eigenvalue weighted by Crippen LogP contribution is 2.25. The van der Waals surface area contributed by atoms with Crippen molar-refractivity contribution < 1.29 is 13.2 Å². The highest BCUT2D eigenvalue weighted by Gasteiger charge is 2.24. The number of nitrogens with one attached hydrogen (secondary N) is 1. The van der Waals surface area contributed by atoms with Crippen LogP contribution in [0.25, 0.3) is 0 Å². The summed E-state index contributed by atoms with van der Waals surface area (Å²) in [6.07, 6.45) is 0.159. The zero-order valence-electron chi connectivity index (χ0n) is 14.7. The molecule has 1 aliphatic rings. The Bertz CT molecular complexity index is 920. The third kappa shape index (κ3) is 3.82. The minimum Gasteiger partial charge on any atom is -0.375 e. The Balaban J connectivity index is 1.80. The van der Waals surface area contributed by atoms with E-state index in [9.17, 15) is 8.42 Å². The topological polar surface area (TPSA) is 82.4 Å². The van der Waals surface area contributed by atoms with Crippen molar-refractivity contribution in [2.75, 3.05) is 22.8 Å². The average Bonchev–Trinajstić information content (AvgIpc) is 2.64. The van der Waals surface area contributed by atoms with Gasteiger partial charge in [-0.25, -0.2) is 8.42 Å². The summed E-state index contributed by atoms with van der Waals surface area (Å²) in [5.74, 6) is 0. The van der Waals surface area contributed by atoms with Crippen molar-refractivity contribution in [3.8, 4) is 6.07 Å². The van der Waals surface area contributed by atoms with Gasteiger partial charge in [0.15, 0.2) is 0 Å². The first kappa shape index (κ1) is 18.2. The van der Waals surface area contributed by atoms with Gasteiger partial charge in [0, 0.05) is 24.0 Å². The van der Waals surface area contributed by atoms with Crippen molar-refractivity contribution >= 4 is 21.4 Å². The molecular formula is C19H21N3O3S. The fraction of sp³-hybridized carbons (Fsp3) is 0.316. The molecule has 0 radical (unpaired) electrons. The van der Waals surface area contributed by atoms with Crippen molar-refractivity contribution in [3.05, 3.63) is 54.1 Å². The molecule has 0 amide bonds. The standard InChI is InChI=1S/C19H21N3O3S/c1-14-13-25-15(2)12-22(14)18-9-7-17(8-10-18)21-26(23,24)19-6-4-3-5-16(19)11-20/h3-10,14-15,21H,12-13H2,1-2H3. The maximum atomic E-state index is 12.6. The summed E-state index contributed by atoms with van der Waals surface area (Å²) in [5, 5.41) is 9.12. The number of nitrogens with zero attached hydrogens (tertiary/aromatic N) is 2. The summed E-state index contributed by atoms with van der Waals surface area (Å²) in [7, 11) is -3.82. The fourth-order valence-corrected chi connectivity index (χ4v) is 4.20. The number of hydrogen-bond donors (Lipinski definition) is 1. The normalized spacial score (nSPS) is 20.4. The molecule has 1 fully saturated rings. The Labute approximate surface area is 154 Å². The van der Waals surface area contributed by atoms with Gasteiger partial charge in [-0.1, -0.05) is 12.1 Å². The van der Waals surface area contributed by atoms with E-state index >= 15 is 0 Å². The molecule has 2 aromatic rings. The Morgan fingerprint density at radius 2 is 1.85 bits per heavy atom. The number of morpholine rings is 1. The molecule has 1 N–H and O–H groups in total. The summed E-state index contributed by atoms with van der Waals surface area (Å²) in [6.45, 7) is 5.59. The summed E-state index contributed by atoms with van der Waals surface area (Å²) >= 11 is 0. The van der Waals surface area contributed by atoms with Crippen LogP contribution >= 0.6 is 0 Å². The number of nitriles is 1. The van der Waals surface area contributed by atoms with Crippen LogP contribution in [0.5, 0.6) is 0 Å². The van der Waals surface area contributed by atoms with E-state index in [4.69, 9.17) is 10.00 Å². The second-order valence-electron chi connectivity index (χ2n) is 6.41. The van der Waals surface area contributed by atoms with Crippen LogP contribution in [0.15, 0.2) is 53.4 Å². The number of hydrogen-bond acceptors (Lipinski definition) is 5. The Morgan fingerprint density at radius 3 is 2.54 bits per heavy atom. The van der Waals surface area contributed by atoms with Crippen LogP contribution in [0, 0.1) is 11.3 Å². The summed E-state index contributed by atoms with van der Waals surface area (Å²) in [6, 6.07) is 15.6. The molecule has 0 saturated carbocycles. The molecule has 0 bridgehead atoms. The molecule has 26 heavy (non-hydrogen) atoms. The first-order valence-electron chi connectivity index (χ1n) is 8.41. The largest absolute Gasteiger partial charge is 0.375 e. The van der Waals surface area contributed by atoms with Gasteiger partial charge >= 0.3 is 0 Å². The molecule has 0 aliphatic carbocycles. The van der Waals surface area contributed by atoms with E-state index in [0.29, 0.717) is 12.3 Å². The molecule has 6 nitrogen and oxygen atoms in total. The first-order chi connectivity index (χ1) is 12.4. The van der Waals surface area contributed by atoms with Crippen molar-refractivity contribution in [1.29, 1.82) is 5.26 Å². The lowest BCUT2D eigenvalue weighted by Crippen LogP contribution is -2.47. The van der Waals surface area contributed by atoms with E-state index in [0.717, 1.165) is 12.2 Å². The van der Waals surface area contributed by atoms with Gasteiger partial charge in [0.05, 0.1) is 18.3 Å². The van der Waals surface area contributed by atoms with Crippen LogP contribution in [0.2, 0.25) is 0 Å². The number of anilines is 2. The second kappa shape index (κ2) is 7.36. The lowest BCUT2D eigenvalue weighted by Gasteiger charge is -2.38. The fourth-order valence-electron chi connectivity index (χ4n) is 2.99. The number of rotatable bonds is 4. The Kier molecular flexibility index (Phi) is 5.16. The monoisotopic (exact) mass is 371 g/mol. The molecule has 0 aromatic heterocycles. The average molecular weight is 371 g/mol. The smallest absolute Gasteiger partial charge is 0.263 e. The molecule has 1 aliphatic heterocycles. The van der Waals surface area contributed by atoms with Gasteiger partial charge in [0.2, 0.25) is 0 Å². The molecule has 7 heteroatoms. The van der Waals surface area contributed by atoms with E-state index < -0.39 is 10.0 Å². The van der Waals surface area contributed by atoms with E-state index in [1.165, 1.54) is 12.1 Å². The predicted molar refractivity (Wildman–Crippen MR) is 101 cm³/mol. The quantitative estimate of drug-likeness (QED) is 0.893. The third-order valence-corrected chi connectivity index (χ3v) is 5.80. The van der Waals surface area contributed by atoms with Crippen LogP contribution in [-0.2, 0) is 14.8 Å². The van der Waals surface area contributed by atoms with Crippen LogP contribution in [0.4, 0.5) is 11.4 Å². The highest BCUT2D eigenvalue weighted by atomic mass is 32.2. The molecule has 3 rings (SSSR count). The van der Waals surface area contributed by atoms with Crippen molar-refractivity contribution in [2.45, 2.75) is 30.9 Å². The minimum atomic E-state index is -3.82. The predicted octanol–water partition coefficient (Wildman–Crippen LogP) is 2.97. The molecule has 136 valence electrons. The molecule has 2 atom stereocenters. The zero-order valence-corrected chi connectivity index (χ0v) is 15.5. The maximum Gasteiger partial charge on any atom is 0.263 e. The molecule has 1 heterocycles. The Morgan fingerprint density at radius 1 is 1.15 bits per heavy atom. The molecule has 2 aromatic carbocycles. The molecule has 1 saturated heterocycles. The lowest BCUT2D eigenvalue weighted by atomic mass is 10.1.